The Morgan fingerprint density at radius 1 is 1.00 bits per heavy atom. The standard InChI is InChI=1S/C24H28N6O2/c1-17-21(18(2)28(3)27-17)16-23(31)30-14-12-29(13-15-30)22-7-5-4-6-20(22)24(32)26-19-8-10-25-11-9-19/h4-11H,12-16H2,1-3H3,(H,25,26,32). The second-order valence-corrected chi connectivity index (χ2v) is 8.02. The van der Waals surface area contributed by atoms with Gasteiger partial charge in [-0.2, -0.15) is 5.10 Å². The molecule has 8 nitrogen and oxygen atoms in total. The van der Waals surface area contributed by atoms with Gasteiger partial charge in [-0.3, -0.25) is 19.3 Å². The van der Waals surface area contributed by atoms with Crippen molar-refractivity contribution in [3.63, 3.8) is 0 Å². The van der Waals surface area contributed by atoms with Crippen LogP contribution in [0.5, 0.6) is 0 Å². The first-order valence-electron chi connectivity index (χ1n) is 10.8. The number of hydrogen-bond donors (Lipinski definition) is 1. The smallest absolute Gasteiger partial charge is 0.257 e. The molecule has 1 aliphatic heterocycles. The van der Waals surface area contributed by atoms with Crippen molar-refractivity contribution in [2.75, 3.05) is 36.4 Å². The zero-order valence-electron chi connectivity index (χ0n) is 18.7. The van der Waals surface area contributed by atoms with Crippen molar-refractivity contribution >= 4 is 23.2 Å². The molecule has 32 heavy (non-hydrogen) atoms. The van der Waals surface area contributed by atoms with E-state index in [2.05, 4.69) is 20.3 Å². The molecule has 1 fully saturated rings. The summed E-state index contributed by atoms with van der Waals surface area (Å²) in [6.07, 6.45) is 3.66. The van der Waals surface area contributed by atoms with Gasteiger partial charge in [0.05, 0.1) is 17.7 Å². The van der Waals surface area contributed by atoms with Crippen molar-refractivity contribution in [1.29, 1.82) is 0 Å². The molecule has 1 N–H and O–H groups in total. The number of carbonyl (C=O) groups is 2. The number of carbonyl (C=O) groups excluding carboxylic acids is 2. The van der Waals surface area contributed by atoms with Crippen LogP contribution >= 0.6 is 0 Å². The van der Waals surface area contributed by atoms with Crippen molar-refractivity contribution in [2.45, 2.75) is 20.3 Å². The van der Waals surface area contributed by atoms with E-state index in [0.717, 1.165) is 22.6 Å². The first kappa shape index (κ1) is 21.5. The van der Waals surface area contributed by atoms with Gasteiger partial charge in [-0.05, 0) is 38.1 Å². The third kappa shape index (κ3) is 4.49. The Kier molecular flexibility index (Phi) is 6.20. The minimum absolute atomic E-state index is 0.118. The number of benzene rings is 1. The molecule has 3 aromatic rings. The van der Waals surface area contributed by atoms with E-state index in [-0.39, 0.29) is 11.8 Å². The first-order valence-corrected chi connectivity index (χ1v) is 10.8. The van der Waals surface area contributed by atoms with E-state index < -0.39 is 0 Å². The molecule has 0 bridgehead atoms. The van der Waals surface area contributed by atoms with Crippen LogP contribution in [0, 0.1) is 13.8 Å². The number of aryl methyl sites for hydroxylation is 2. The van der Waals surface area contributed by atoms with Gasteiger partial charge in [0, 0.05) is 68.3 Å². The molecule has 0 radical (unpaired) electrons. The maximum Gasteiger partial charge on any atom is 0.257 e. The molecule has 1 saturated heterocycles. The average molecular weight is 433 g/mol. The average Bonchev–Trinajstić information content (AvgIpc) is 3.05. The number of para-hydroxylation sites is 1. The van der Waals surface area contributed by atoms with Gasteiger partial charge < -0.3 is 15.1 Å². The molecular formula is C24H28N6O2. The largest absolute Gasteiger partial charge is 0.367 e. The van der Waals surface area contributed by atoms with Crippen LogP contribution in [-0.4, -0.2) is 57.7 Å². The summed E-state index contributed by atoms with van der Waals surface area (Å²) in [6.45, 7) is 6.54. The minimum atomic E-state index is -0.159. The Bertz CT molecular complexity index is 1120. The summed E-state index contributed by atoms with van der Waals surface area (Å²) >= 11 is 0. The van der Waals surface area contributed by atoms with Crippen LogP contribution in [0.15, 0.2) is 48.8 Å². The summed E-state index contributed by atoms with van der Waals surface area (Å²) < 4.78 is 1.82. The van der Waals surface area contributed by atoms with Gasteiger partial charge in [0.1, 0.15) is 0 Å². The topological polar surface area (TPSA) is 83.4 Å². The molecule has 4 rings (SSSR count). The summed E-state index contributed by atoms with van der Waals surface area (Å²) in [6, 6.07) is 11.1. The lowest BCUT2D eigenvalue weighted by molar-refractivity contribution is -0.130. The molecule has 2 aromatic heterocycles. The van der Waals surface area contributed by atoms with Crippen LogP contribution in [0.4, 0.5) is 11.4 Å². The third-order valence-corrected chi connectivity index (χ3v) is 6.05. The van der Waals surface area contributed by atoms with Crippen molar-refractivity contribution in [3.8, 4) is 0 Å². The Morgan fingerprint density at radius 3 is 2.34 bits per heavy atom. The lowest BCUT2D eigenvalue weighted by atomic mass is 10.1. The minimum Gasteiger partial charge on any atom is -0.367 e. The molecule has 166 valence electrons. The predicted molar refractivity (Wildman–Crippen MR) is 124 cm³/mol. The molecular weight excluding hydrogens is 404 g/mol. The normalized spacial score (nSPS) is 13.8. The van der Waals surface area contributed by atoms with Gasteiger partial charge >= 0.3 is 0 Å². The zero-order chi connectivity index (χ0) is 22.7. The summed E-state index contributed by atoms with van der Waals surface area (Å²) in [7, 11) is 1.90. The maximum atomic E-state index is 12.9. The predicted octanol–water partition coefficient (Wildman–Crippen LogP) is 2.58. The van der Waals surface area contributed by atoms with Gasteiger partial charge in [0.2, 0.25) is 5.91 Å². The summed E-state index contributed by atoms with van der Waals surface area (Å²) in [5, 5.41) is 7.34. The number of piperazine rings is 1. The van der Waals surface area contributed by atoms with Crippen LogP contribution < -0.4 is 10.2 Å². The number of aromatic nitrogens is 3. The molecule has 0 saturated carbocycles. The highest BCUT2D eigenvalue weighted by Crippen LogP contribution is 2.23. The van der Waals surface area contributed by atoms with Gasteiger partial charge in [-0.25, -0.2) is 0 Å². The lowest BCUT2D eigenvalue weighted by Gasteiger charge is -2.37. The number of nitrogens with one attached hydrogen (secondary N) is 1. The quantitative estimate of drug-likeness (QED) is 0.670. The van der Waals surface area contributed by atoms with Crippen LogP contribution in [0.25, 0.3) is 0 Å². The van der Waals surface area contributed by atoms with E-state index in [0.29, 0.717) is 43.9 Å². The number of nitrogens with zero attached hydrogens (tertiary/aromatic N) is 5. The fraction of sp³-hybridized carbons (Fsp3) is 0.333. The number of rotatable bonds is 5. The van der Waals surface area contributed by atoms with Gasteiger partial charge in [-0.1, -0.05) is 12.1 Å². The highest BCUT2D eigenvalue weighted by atomic mass is 16.2. The molecule has 0 aliphatic carbocycles. The highest BCUT2D eigenvalue weighted by Gasteiger charge is 2.25. The number of pyridine rings is 1. The van der Waals surface area contributed by atoms with Crippen LogP contribution in [0.3, 0.4) is 0 Å². The van der Waals surface area contributed by atoms with Gasteiger partial charge in [-0.15, -0.1) is 0 Å². The Hall–Kier alpha value is -3.68. The number of amides is 2. The van der Waals surface area contributed by atoms with Gasteiger partial charge in [0.25, 0.3) is 5.91 Å². The van der Waals surface area contributed by atoms with Crippen LogP contribution in [-0.2, 0) is 18.3 Å². The molecule has 8 heteroatoms. The summed E-state index contributed by atoms with van der Waals surface area (Å²) in [5.74, 6) is -0.0413. The Labute approximate surface area is 187 Å². The molecule has 2 amide bonds. The molecule has 0 unspecified atom stereocenters. The van der Waals surface area contributed by atoms with Crippen molar-refractivity contribution in [1.82, 2.24) is 19.7 Å². The van der Waals surface area contributed by atoms with E-state index in [4.69, 9.17) is 0 Å². The second-order valence-electron chi connectivity index (χ2n) is 8.02. The van der Waals surface area contributed by atoms with Crippen LogP contribution in [0.1, 0.15) is 27.3 Å². The first-order chi connectivity index (χ1) is 15.4. The van der Waals surface area contributed by atoms with Gasteiger partial charge in [0.15, 0.2) is 0 Å². The van der Waals surface area contributed by atoms with E-state index in [1.165, 1.54) is 0 Å². The SMILES string of the molecule is Cc1nn(C)c(C)c1CC(=O)N1CCN(c2ccccc2C(=O)Nc2ccncc2)CC1. The Balaban J connectivity index is 1.41. The second kappa shape index (κ2) is 9.21. The number of hydrogen-bond acceptors (Lipinski definition) is 5. The zero-order valence-corrected chi connectivity index (χ0v) is 18.7. The van der Waals surface area contributed by atoms with E-state index in [9.17, 15) is 9.59 Å². The molecule has 0 spiro atoms. The van der Waals surface area contributed by atoms with Crippen molar-refractivity contribution in [2.24, 2.45) is 7.05 Å². The fourth-order valence-electron chi connectivity index (χ4n) is 4.11. The molecule has 1 aromatic carbocycles. The summed E-state index contributed by atoms with van der Waals surface area (Å²) in [5.41, 5.74) is 5.15. The highest BCUT2D eigenvalue weighted by molar-refractivity contribution is 6.08. The van der Waals surface area contributed by atoms with Crippen molar-refractivity contribution < 1.29 is 9.59 Å². The fourth-order valence-corrected chi connectivity index (χ4v) is 4.11. The maximum absolute atomic E-state index is 12.9. The number of anilines is 2. The van der Waals surface area contributed by atoms with Crippen molar-refractivity contribution in [3.05, 3.63) is 71.3 Å². The monoisotopic (exact) mass is 432 g/mol. The molecule has 3 heterocycles. The van der Waals surface area contributed by atoms with E-state index >= 15 is 0 Å². The molecule has 0 atom stereocenters. The van der Waals surface area contributed by atoms with Crippen LogP contribution in [0.2, 0.25) is 0 Å². The van der Waals surface area contributed by atoms with E-state index in [1.54, 1.807) is 24.5 Å². The third-order valence-electron chi connectivity index (χ3n) is 6.05. The lowest BCUT2D eigenvalue weighted by Crippen LogP contribution is -2.49. The molecule has 1 aliphatic rings. The van der Waals surface area contributed by atoms with E-state index in [1.807, 2.05) is 54.7 Å². The summed E-state index contributed by atoms with van der Waals surface area (Å²) in [4.78, 5) is 33.8. The Morgan fingerprint density at radius 2 is 1.69 bits per heavy atom.